The highest BCUT2D eigenvalue weighted by Gasteiger charge is 2.43. The highest BCUT2D eigenvalue weighted by atomic mass is 16.7. The van der Waals surface area contributed by atoms with Crippen molar-refractivity contribution in [2.24, 2.45) is 0 Å². The minimum Gasteiger partial charge on any atom is -0.378 e. The van der Waals surface area contributed by atoms with E-state index in [9.17, 15) is 9.59 Å². The number of anilines is 2. The zero-order chi connectivity index (χ0) is 17.9. The van der Waals surface area contributed by atoms with Gasteiger partial charge in [-0.2, -0.15) is 0 Å². The van der Waals surface area contributed by atoms with E-state index >= 15 is 0 Å². The quantitative estimate of drug-likeness (QED) is 0.807. The smallest absolute Gasteiger partial charge is 0.313 e. The monoisotopic (exact) mass is 347 g/mol. The normalized spacial score (nSPS) is 21.3. The SMILES string of the molecule is CN(C)c1ccc(NC(=O)C(=O)NC[C@H]2COC3(CCCC3)O2)cc1. The van der Waals surface area contributed by atoms with Crippen LogP contribution in [0.3, 0.4) is 0 Å². The van der Waals surface area contributed by atoms with E-state index in [0.29, 0.717) is 12.3 Å². The van der Waals surface area contributed by atoms with Gasteiger partial charge in [0.15, 0.2) is 5.79 Å². The Hall–Kier alpha value is -2.12. The Labute approximate surface area is 147 Å². The molecule has 7 nitrogen and oxygen atoms in total. The van der Waals surface area contributed by atoms with Gasteiger partial charge >= 0.3 is 11.8 Å². The molecule has 25 heavy (non-hydrogen) atoms. The van der Waals surface area contributed by atoms with Crippen LogP contribution < -0.4 is 15.5 Å². The van der Waals surface area contributed by atoms with Crippen molar-refractivity contribution in [2.45, 2.75) is 37.6 Å². The lowest BCUT2D eigenvalue weighted by molar-refractivity contribution is -0.161. The molecule has 0 radical (unpaired) electrons. The van der Waals surface area contributed by atoms with Gasteiger partial charge in [0, 0.05) is 44.9 Å². The largest absolute Gasteiger partial charge is 0.378 e. The number of nitrogens with zero attached hydrogens (tertiary/aromatic N) is 1. The molecule has 136 valence electrons. The predicted molar refractivity (Wildman–Crippen MR) is 94.4 cm³/mol. The molecule has 2 amide bonds. The van der Waals surface area contributed by atoms with E-state index in [4.69, 9.17) is 9.47 Å². The Bertz CT molecular complexity index is 624. The summed E-state index contributed by atoms with van der Waals surface area (Å²) in [6.07, 6.45) is 3.82. The van der Waals surface area contributed by atoms with Crippen molar-refractivity contribution < 1.29 is 19.1 Å². The summed E-state index contributed by atoms with van der Waals surface area (Å²) in [5.74, 6) is -1.81. The Kier molecular flexibility index (Phi) is 5.24. The number of rotatable bonds is 4. The average molecular weight is 347 g/mol. The van der Waals surface area contributed by atoms with E-state index in [1.165, 1.54) is 0 Å². The lowest BCUT2D eigenvalue weighted by atomic mass is 10.2. The van der Waals surface area contributed by atoms with Crippen LogP contribution in [-0.2, 0) is 19.1 Å². The van der Waals surface area contributed by atoms with E-state index in [1.807, 2.05) is 31.1 Å². The third-order valence-corrected chi connectivity index (χ3v) is 4.62. The molecule has 1 aromatic carbocycles. The van der Waals surface area contributed by atoms with E-state index < -0.39 is 17.6 Å². The first-order chi connectivity index (χ1) is 12.0. The van der Waals surface area contributed by atoms with Gasteiger partial charge in [0.05, 0.1) is 6.61 Å². The van der Waals surface area contributed by atoms with Gasteiger partial charge in [0.1, 0.15) is 6.10 Å². The van der Waals surface area contributed by atoms with E-state index in [1.54, 1.807) is 12.1 Å². The molecule has 1 aliphatic heterocycles. The number of ether oxygens (including phenoxy) is 2. The molecule has 1 atom stereocenters. The number of nitrogens with one attached hydrogen (secondary N) is 2. The molecule has 0 unspecified atom stereocenters. The first-order valence-electron chi connectivity index (χ1n) is 8.66. The first-order valence-corrected chi connectivity index (χ1v) is 8.66. The second-order valence-electron chi connectivity index (χ2n) is 6.77. The lowest BCUT2D eigenvalue weighted by Gasteiger charge is -2.21. The second kappa shape index (κ2) is 7.41. The molecule has 2 aliphatic rings. The van der Waals surface area contributed by atoms with Crippen LogP contribution in [0.25, 0.3) is 0 Å². The fourth-order valence-corrected chi connectivity index (χ4v) is 3.21. The summed E-state index contributed by atoms with van der Waals surface area (Å²) in [5, 5.41) is 5.21. The van der Waals surface area contributed by atoms with Gasteiger partial charge in [0.2, 0.25) is 0 Å². The number of amides is 2. The zero-order valence-electron chi connectivity index (χ0n) is 14.7. The molecule has 0 aromatic heterocycles. The van der Waals surface area contributed by atoms with Crippen LogP contribution in [0, 0.1) is 0 Å². The molecule has 1 saturated carbocycles. The highest BCUT2D eigenvalue weighted by molar-refractivity contribution is 6.39. The summed E-state index contributed by atoms with van der Waals surface area (Å²) in [5.41, 5.74) is 1.60. The second-order valence-corrected chi connectivity index (χ2v) is 6.77. The van der Waals surface area contributed by atoms with Crippen molar-refractivity contribution in [3.63, 3.8) is 0 Å². The summed E-state index contributed by atoms with van der Waals surface area (Å²) in [4.78, 5) is 25.9. The van der Waals surface area contributed by atoms with Gasteiger partial charge in [-0.05, 0) is 37.1 Å². The summed E-state index contributed by atoms with van der Waals surface area (Å²) in [6.45, 7) is 0.724. The Morgan fingerprint density at radius 2 is 1.84 bits per heavy atom. The number of hydrogen-bond donors (Lipinski definition) is 2. The van der Waals surface area contributed by atoms with Crippen LogP contribution in [0.15, 0.2) is 24.3 Å². The maximum Gasteiger partial charge on any atom is 0.313 e. The lowest BCUT2D eigenvalue weighted by Crippen LogP contribution is -2.40. The van der Waals surface area contributed by atoms with Crippen LogP contribution in [-0.4, -0.2) is 51.0 Å². The van der Waals surface area contributed by atoms with Crippen molar-refractivity contribution in [3.8, 4) is 0 Å². The van der Waals surface area contributed by atoms with Crippen LogP contribution >= 0.6 is 0 Å². The van der Waals surface area contributed by atoms with Gasteiger partial charge in [-0.25, -0.2) is 0 Å². The van der Waals surface area contributed by atoms with Crippen molar-refractivity contribution in [3.05, 3.63) is 24.3 Å². The summed E-state index contributed by atoms with van der Waals surface area (Å²) >= 11 is 0. The Morgan fingerprint density at radius 3 is 2.48 bits per heavy atom. The molecule has 3 rings (SSSR count). The number of hydrogen-bond acceptors (Lipinski definition) is 5. The number of carbonyl (C=O) groups is 2. The number of benzene rings is 1. The van der Waals surface area contributed by atoms with E-state index in [-0.39, 0.29) is 12.6 Å². The van der Waals surface area contributed by atoms with Gasteiger partial charge in [-0.1, -0.05) is 0 Å². The minimum absolute atomic E-state index is 0.200. The molecule has 1 aliphatic carbocycles. The molecular weight excluding hydrogens is 322 g/mol. The molecule has 1 heterocycles. The van der Waals surface area contributed by atoms with Gasteiger partial charge in [0.25, 0.3) is 0 Å². The topological polar surface area (TPSA) is 79.9 Å². The van der Waals surface area contributed by atoms with Crippen LogP contribution in [0.5, 0.6) is 0 Å². The van der Waals surface area contributed by atoms with Gasteiger partial charge in [-0.3, -0.25) is 9.59 Å². The minimum atomic E-state index is -0.688. The molecule has 1 aromatic rings. The molecule has 0 bridgehead atoms. The average Bonchev–Trinajstić information content (AvgIpc) is 3.23. The summed E-state index contributed by atoms with van der Waals surface area (Å²) in [6, 6.07) is 7.27. The Morgan fingerprint density at radius 1 is 1.16 bits per heavy atom. The predicted octanol–water partition coefficient (Wildman–Crippen LogP) is 1.49. The van der Waals surface area contributed by atoms with Crippen LogP contribution in [0.2, 0.25) is 0 Å². The van der Waals surface area contributed by atoms with Crippen molar-refractivity contribution in [1.82, 2.24) is 5.32 Å². The molecular formula is C18H25N3O4. The van der Waals surface area contributed by atoms with Crippen molar-refractivity contribution in [2.75, 3.05) is 37.5 Å². The van der Waals surface area contributed by atoms with Gasteiger partial charge in [-0.15, -0.1) is 0 Å². The fraction of sp³-hybridized carbons (Fsp3) is 0.556. The third-order valence-electron chi connectivity index (χ3n) is 4.62. The van der Waals surface area contributed by atoms with Crippen LogP contribution in [0.4, 0.5) is 11.4 Å². The molecule has 2 N–H and O–H groups in total. The maximum absolute atomic E-state index is 12.0. The third kappa shape index (κ3) is 4.29. The molecule has 1 spiro atoms. The molecule has 2 fully saturated rings. The standard InChI is InChI=1S/C18H25N3O4/c1-21(2)14-7-5-13(6-8-14)20-17(23)16(22)19-11-15-12-24-18(25-15)9-3-4-10-18/h5-8,15H,3-4,9-12H2,1-2H3,(H,19,22)(H,20,23)/t15-/m0/s1. The van der Waals surface area contributed by atoms with Crippen molar-refractivity contribution in [1.29, 1.82) is 0 Å². The van der Waals surface area contributed by atoms with E-state index in [0.717, 1.165) is 31.4 Å². The van der Waals surface area contributed by atoms with E-state index in [2.05, 4.69) is 10.6 Å². The molecule has 1 saturated heterocycles. The summed E-state index contributed by atoms with van der Waals surface area (Å²) < 4.78 is 11.7. The fourth-order valence-electron chi connectivity index (χ4n) is 3.21. The maximum atomic E-state index is 12.0. The van der Waals surface area contributed by atoms with Crippen LogP contribution in [0.1, 0.15) is 25.7 Å². The zero-order valence-corrected chi connectivity index (χ0v) is 14.7. The van der Waals surface area contributed by atoms with Crippen molar-refractivity contribution >= 4 is 23.2 Å². The van der Waals surface area contributed by atoms with Gasteiger partial charge < -0.3 is 25.0 Å². The summed E-state index contributed by atoms with van der Waals surface area (Å²) in [7, 11) is 3.87. The Balaban J connectivity index is 1.44. The first kappa shape index (κ1) is 17.7. The number of carbonyl (C=O) groups excluding carboxylic acids is 2. The highest BCUT2D eigenvalue weighted by Crippen LogP contribution is 2.38. The molecule has 7 heteroatoms.